The second-order valence-corrected chi connectivity index (χ2v) is 4.64. The van der Waals surface area contributed by atoms with Crippen LogP contribution in [0.15, 0.2) is 24.3 Å². The molecule has 0 bridgehead atoms. The molecule has 1 fully saturated rings. The number of hydrogen-bond acceptors (Lipinski definition) is 2. The molecule has 1 aliphatic carbocycles. The van der Waals surface area contributed by atoms with E-state index in [1.807, 2.05) is 0 Å². The number of benzene rings is 1. The molecule has 0 aliphatic heterocycles. The van der Waals surface area contributed by atoms with E-state index in [0.717, 1.165) is 18.4 Å². The van der Waals surface area contributed by atoms with Crippen molar-refractivity contribution >= 4 is 17.5 Å². The van der Waals surface area contributed by atoms with E-state index in [-0.39, 0.29) is 17.5 Å². The molecular formula is C13H13F3N2O2. The highest BCUT2D eigenvalue weighted by molar-refractivity contribution is 5.94. The molecule has 1 aromatic carbocycles. The van der Waals surface area contributed by atoms with Gasteiger partial charge in [0.05, 0.1) is 0 Å². The Kier molecular flexibility index (Phi) is 3.96. The first-order valence-corrected chi connectivity index (χ1v) is 6.11. The zero-order valence-corrected chi connectivity index (χ0v) is 10.5. The maximum Gasteiger partial charge on any atom is 0.471 e. The standard InChI is InChI=1S/C13H13F3N2O2/c14-13(15,16)12(20)18-10-5-1-8(2-6-10)7-17-11(19)9-3-4-9/h1-2,5-6,9H,3-4,7H2,(H,17,19)(H,18,20). The average Bonchev–Trinajstić information content (AvgIpc) is 3.20. The van der Waals surface area contributed by atoms with Gasteiger partial charge in [-0.2, -0.15) is 13.2 Å². The third-order valence-corrected chi connectivity index (χ3v) is 2.88. The summed E-state index contributed by atoms with van der Waals surface area (Å²) in [6.45, 7) is 0.322. The number of nitrogens with one attached hydrogen (secondary N) is 2. The van der Waals surface area contributed by atoms with Crippen molar-refractivity contribution in [3.8, 4) is 0 Å². The van der Waals surface area contributed by atoms with Gasteiger partial charge in [0.25, 0.3) is 0 Å². The Labute approximate surface area is 113 Å². The van der Waals surface area contributed by atoms with Crippen molar-refractivity contribution < 1.29 is 22.8 Å². The Bertz CT molecular complexity index is 507. The molecule has 1 saturated carbocycles. The smallest absolute Gasteiger partial charge is 0.352 e. The molecule has 2 N–H and O–H groups in total. The van der Waals surface area contributed by atoms with Crippen molar-refractivity contribution in [2.75, 3.05) is 5.32 Å². The number of anilines is 1. The Balaban J connectivity index is 1.86. The van der Waals surface area contributed by atoms with Crippen LogP contribution in [-0.4, -0.2) is 18.0 Å². The molecule has 4 nitrogen and oxygen atoms in total. The van der Waals surface area contributed by atoms with Gasteiger partial charge in [0.1, 0.15) is 0 Å². The molecule has 0 saturated heterocycles. The molecule has 7 heteroatoms. The van der Waals surface area contributed by atoms with Gasteiger partial charge in [-0.3, -0.25) is 9.59 Å². The van der Waals surface area contributed by atoms with E-state index in [9.17, 15) is 22.8 Å². The van der Waals surface area contributed by atoms with E-state index in [1.165, 1.54) is 12.1 Å². The van der Waals surface area contributed by atoms with Gasteiger partial charge >= 0.3 is 12.1 Å². The zero-order chi connectivity index (χ0) is 14.8. The van der Waals surface area contributed by atoms with Crippen LogP contribution in [0, 0.1) is 5.92 Å². The SMILES string of the molecule is O=C(NCc1ccc(NC(=O)C(F)(F)F)cc1)C1CC1. The maximum absolute atomic E-state index is 12.0. The van der Waals surface area contributed by atoms with Crippen LogP contribution in [0.5, 0.6) is 0 Å². The van der Waals surface area contributed by atoms with Crippen molar-refractivity contribution in [3.63, 3.8) is 0 Å². The Morgan fingerprint density at radius 1 is 1.15 bits per heavy atom. The normalized spacial score (nSPS) is 14.8. The number of hydrogen-bond donors (Lipinski definition) is 2. The first kappa shape index (κ1) is 14.4. The van der Waals surface area contributed by atoms with Gasteiger partial charge < -0.3 is 10.6 Å². The van der Waals surface area contributed by atoms with Gasteiger partial charge in [-0.1, -0.05) is 12.1 Å². The van der Waals surface area contributed by atoms with Gasteiger partial charge in [0.15, 0.2) is 0 Å². The van der Waals surface area contributed by atoms with Crippen molar-refractivity contribution in [2.45, 2.75) is 25.6 Å². The molecule has 1 aliphatic rings. The number of rotatable bonds is 4. The summed E-state index contributed by atoms with van der Waals surface area (Å²) in [4.78, 5) is 22.1. The molecule has 0 heterocycles. The molecule has 0 radical (unpaired) electrons. The number of carbonyl (C=O) groups excluding carboxylic acids is 2. The topological polar surface area (TPSA) is 58.2 Å². The van der Waals surface area contributed by atoms with E-state index in [0.29, 0.717) is 6.54 Å². The largest absolute Gasteiger partial charge is 0.471 e. The lowest BCUT2D eigenvalue weighted by molar-refractivity contribution is -0.167. The molecule has 1 aromatic rings. The molecule has 0 aromatic heterocycles. The molecule has 20 heavy (non-hydrogen) atoms. The average molecular weight is 286 g/mol. The van der Waals surface area contributed by atoms with E-state index in [1.54, 1.807) is 17.4 Å². The molecule has 108 valence electrons. The lowest BCUT2D eigenvalue weighted by atomic mass is 10.2. The van der Waals surface area contributed by atoms with Gasteiger partial charge in [0, 0.05) is 18.2 Å². The van der Waals surface area contributed by atoms with Gasteiger partial charge in [-0.25, -0.2) is 0 Å². The summed E-state index contributed by atoms with van der Waals surface area (Å²) in [7, 11) is 0. The van der Waals surface area contributed by atoms with Crippen LogP contribution in [0.4, 0.5) is 18.9 Å². The predicted molar refractivity (Wildman–Crippen MR) is 65.7 cm³/mol. The van der Waals surface area contributed by atoms with Gasteiger partial charge in [-0.05, 0) is 30.5 Å². The van der Waals surface area contributed by atoms with Crippen LogP contribution >= 0.6 is 0 Å². The molecule has 2 amide bonds. The predicted octanol–water partition coefficient (Wildman–Crippen LogP) is 2.21. The third kappa shape index (κ3) is 3.97. The summed E-state index contributed by atoms with van der Waals surface area (Å²) in [5.74, 6) is -1.90. The van der Waals surface area contributed by atoms with Crippen LogP contribution in [0.2, 0.25) is 0 Å². The van der Waals surface area contributed by atoms with Crippen molar-refractivity contribution in [3.05, 3.63) is 29.8 Å². The summed E-state index contributed by atoms with van der Waals surface area (Å²) in [5.41, 5.74) is 0.814. The minimum absolute atomic E-state index is 0.000509. The Hall–Kier alpha value is -2.05. The molecule has 0 atom stereocenters. The molecular weight excluding hydrogens is 273 g/mol. The Morgan fingerprint density at radius 2 is 1.75 bits per heavy atom. The highest BCUT2D eigenvalue weighted by Crippen LogP contribution is 2.28. The quantitative estimate of drug-likeness (QED) is 0.891. The zero-order valence-electron chi connectivity index (χ0n) is 10.5. The van der Waals surface area contributed by atoms with Crippen molar-refractivity contribution in [1.82, 2.24) is 5.32 Å². The van der Waals surface area contributed by atoms with Gasteiger partial charge in [-0.15, -0.1) is 0 Å². The number of halogens is 3. The summed E-state index contributed by atoms with van der Waals surface area (Å²) in [6, 6.07) is 5.84. The minimum atomic E-state index is -4.91. The second kappa shape index (κ2) is 5.52. The molecule has 2 rings (SSSR count). The number of alkyl halides is 3. The number of carbonyl (C=O) groups is 2. The fraction of sp³-hybridized carbons (Fsp3) is 0.385. The first-order chi connectivity index (χ1) is 9.36. The van der Waals surface area contributed by atoms with Crippen molar-refractivity contribution in [2.24, 2.45) is 5.92 Å². The second-order valence-electron chi connectivity index (χ2n) is 4.64. The lowest BCUT2D eigenvalue weighted by Crippen LogP contribution is -2.29. The Morgan fingerprint density at radius 3 is 2.25 bits per heavy atom. The van der Waals surface area contributed by atoms with E-state index in [2.05, 4.69) is 5.32 Å². The number of amides is 2. The highest BCUT2D eigenvalue weighted by Gasteiger charge is 2.38. The van der Waals surface area contributed by atoms with E-state index in [4.69, 9.17) is 0 Å². The summed E-state index contributed by atoms with van der Waals surface area (Å²) in [5, 5.41) is 4.49. The van der Waals surface area contributed by atoms with Crippen LogP contribution in [0.1, 0.15) is 18.4 Å². The third-order valence-electron chi connectivity index (χ3n) is 2.88. The van der Waals surface area contributed by atoms with Crippen LogP contribution in [-0.2, 0) is 16.1 Å². The minimum Gasteiger partial charge on any atom is -0.352 e. The van der Waals surface area contributed by atoms with E-state index < -0.39 is 12.1 Å². The lowest BCUT2D eigenvalue weighted by Gasteiger charge is -2.09. The summed E-state index contributed by atoms with van der Waals surface area (Å²) < 4.78 is 36.1. The molecule has 0 unspecified atom stereocenters. The fourth-order valence-electron chi connectivity index (χ4n) is 1.59. The van der Waals surface area contributed by atoms with Gasteiger partial charge in [0.2, 0.25) is 5.91 Å². The monoisotopic (exact) mass is 286 g/mol. The fourth-order valence-corrected chi connectivity index (χ4v) is 1.59. The summed E-state index contributed by atoms with van der Waals surface area (Å²) >= 11 is 0. The van der Waals surface area contributed by atoms with Crippen LogP contribution < -0.4 is 10.6 Å². The highest BCUT2D eigenvalue weighted by atomic mass is 19.4. The molecule has 0 spiro atoms. The van der Waals surface area contributed by atoms with E-state index >= 15 is 0 Å². The van der Waals surface area contributed by atoms with Crippen LogP contribution in [0.25, 0.3) is 0 Å². The van der Waals surface area contributed by atoms with Crippen LogP contribution in [0.3, 0.4) is 0 Å². The summed E-state index contributed by atoms with van der Waals surface area (Å²) in [6.07, 6.45) is -3.08. The first-order valence-electron chi connectivity index (χ1n) is 6.11. The maximum atomic E-state index is 12.0. The van der Waals surface area contributed by atoms with Crippen molar-refractivity contribution in [1.29, 1.82) is 0 Å².